The van der Waals surface area contributed by atoms with Crippen molar-refractivity contribution in [3.05, 3.63) is 33.8 Å². The monoisotopic (exact) mass is 286 g/mol. The van der Waals surface area contributed by atoms with Crippen molar-refractivity contribution in [2.24, 2.45) is 5.92 Å². The van der Waals surface area contributed by atoms with Gasteiger partial charge >= 0.3 is 0 Å². The molecule has 1 saturated heterocycles. The van der Waals surface area contributed by atoms with E-state index in [1.165, 1.54) is 0 Å². The zero-order valence-corrected chi connectivity index (χ0v) is 11.7. The Morgan fingerprint density at radius 2 is 2.22 bits per heavy atom. The molecule has 0 saturated carbocycles. The van der Waals surface area contributed by atoms with Crippen molar-refractivity contribution in [2.45, 2.75) is 19.4 Å². The molecule has 1 fully saturated rings. The zero-order valence-electron chi connectivity index (χ0n) is 10.2. The minimum Gasteiger partial charge on any atom is -0.353 e. The van der Waals surface area contributed by atoms with Gasteiger partial charge in [0.15, 0.2) is 0 Å². The van der Waals surface area contributed by atoms with E-state index in [0.29, 0.717) is 16.5 Å². The molecule has 1 aromatic carbocycles. The van der Waals surface area contributed by atoms with E-state index in [9.17, 15) is 4.79 Å². The molecule has 0 radical (unpaired) electrons. The van der Waals surface area contributed by atoms with Gasteiger partial charge in [-0.05, 0) is 31.0 Å². The SMILES string of the molecule is CC(Cc1ccc(Cl)cc1Cl)NC(=O)C1CNC1. The van der Waals surface area contributed by atoms with Crippen LogP contribution in [-0.4, -0.2) is 25.0 Å². The van der Waals surface area contributed by atoms with Crippen molar-refractivity contribution in [1.82, 2.24) is 10.6 Å². The largest absolute Gasteiger partial charge is 0.353 e. The molecule has 1 aliphatic rings. The number of carbonyl (C=O) groups excluding carboxylic acids is 1. The molecule has 0 spiro atoms. The highest BCUT2D eigenvalue weighted by atomic mass is 35.5. The zero-order chi connectivity index (χ0) is 13.1. The Hall–Kier alpha value is -0.770. The van der Waals surface area contributed by atoms with E-state index < -0.39 is 0 Å². The average molecular weight is 287 g/mol. The lowest BCUT2D eigenvalue weighted by Crippen LogP contribution is -2.52. The fraction of sp³-hybridized carbons (Fsp3) is 0.462. The third-order valence-corrected chi connectivity index (χ3v) is 3.67. The van der Waals surface area contributed by atoms with Crippen molar-refractivity contribution in [2.75, 3.05) is 13.1 Å². The normalized spacial score (nSPS) is 17.1. The number of carbonyl (C=O) groups is 1. The quantitative estimate of drug-likeness (QED) is 0.892. The Balaban J connectivity index is 1.89. The van der Waals surface area contributed by atoms with Crippen LogP contribution in [0.25, 0.3) is 0 Å². The fourth-order valence-electron chi connectivity index (χ4n) is 1.90. The van der Waals surface area contributed by atoms with Gasteiger partial charge in [0.1, 0.15) is 0 Å². The Labute approximate surface area is 117 Å². The molecule has 98 valence electrons. The fourth-order valence-corrected chi connectivity index (χ4v) is 2.39. The van der Waals surface area contributed by atoms with Gasteiger partial charge < -0.3 is 10.6 Å². The van der Waals surface area contributed by atoms with Gasteiger partial charge in [0.25, 0.3) is 0 Å². The highest BCUT2D eigenvalue weighted by Gasteiger charge is 2.25. The van der Waals surface area contributed by atoms with Gasteiger partial charge in [0.05, 0.1) is 5.92 Å². The summed E-state index contributed by atoms with van der Waals surface area (Å²) in [6.45, 7) is 3.54. The van der Waals surface area contributed by atoms with Crippen LogP contribution in [0, 0.1) is 5.92 Å². The molecule has 18 heavy (non-hydrogen) atoms. The Morgan fingerprint density at radius 1 is 1.50 bits per heavy atom. The predicted octanol–water partition coefficient (Wildman–Crippen LogP) is 2.26. The van der Waals surface area contributed by atoms with Crippen molar-refractivity contribution in [3.63, 3.8) is 0 Å². The Kier molecular flexibility index (Phi) is 4.49. The maximum absolute atomic E-state index is 11.8. The molecule has 0 aliphatic carbocycles. The maximum atomic E-state index is 11.8. The highest BCUT2D eigenvalue weighted by molar-refractivity contribution is 6.35. The number of hydrogen-bond donors (Lipinski definition) is 2. The van der Waals surface area contributed by atoms with Crippen LogP contribution in [0.1, 0.15) is 12.5 Å². The number of nitrogens with one attached hydrogen (secondary N) is 2. The first-order valence-corrected chi connectivity index (χ1v) is 6.77. The standard InChI is InChI=1S/C13H16Cl2N2O/c1-8(17-13(18)10-6-16-7-10)4-9-2-3-11(14)5-12(9)15/h2-3,5,8,10,16H,4,6-7H2,1H3,(H,17,18). The molecule has 2 rings (SSSR count). The van der Waals surface area contributed by atoms with Gasteiger partial charge in [-0.1, -0.05) is 29.3 Å². The first-order chi connectivity index (χ1) is 8.56. The van der Waals surface area contributed by atoms with Gasteiger partial charge in [-0.2, -0.15) is 0 Å². The summed E-state index contributed by atoms with van der Waals surface area (Å²) in [6.07, 6.45) is 0.710. The van der Waals surface area contributed by atoms with Gasteiger partial charge in [-0.3, -0.25) is 4.79 Å². The van der Waals surface area contributed by atoms with Crippen molar-refractivity contribution >= 4 is 29.1 Å². The van der Waals surface area contributed by atoms with Crippen LogP contribution >= 0.6 is 23.2 Å². The molecule has 1 amide bonds. The summed E-state index contributed by atoms with van der Waals surface area (Å²) in [5.74, 6) is 0.236. The predicted molar refractivity (Wildman–Crippen MR) is 74.1 cm³/mol. The molecule has 5 heteroatoms. The molecule has 1 heterocycles. The molecular formula is C13H16Cl2N2O. The third-order valence-electron chi connectivity index (χ3n) is 3.08. The van der Waals surface area contributed by atoms with E-state index in [2.05, 4.69) is 10.6 Å². The number of halogens is 2. The van der Waals surface area contributed by atoms with Crippen molar-refractivity contribution in [3.8, 4) is 0 Å². The second-order valence-corrected chi connectivity index (χ2v) is 5.55. The molecule has 2 N–H and O–H groups in total. The van der Waals surface area contributed by atoms with E-state index in [1.54, 1.807) is 6.07 Å². The van der Waals surface area contributed by atoms with Gasteiger partial charge in [-0.15, -0.1) is 0 Å². The smallest absolute Gasteiger partial charge is 0.225 e. The molecule has 0 bridgehead atoms. The summed E-state index contributed by atoms with van der Waals surface area (Å²) in [5.41, 5.74) is 1.00. The highest BCUT2D eigenvalue weighted by Crippen LogP contribution is 2.22. The van der Waals surface area contributed by atoms with E-state index in [-0.39, 0.29) is 17.9 Å². The third kappa shape index (κ3) is 3.37. The van der Waals surface area contributed by atoms with E-state index in [0.717, 1.165) is 18.7 Å². The minimum absolute atomic E-state index is 0.0665. The summed E-state index contributed by atoms with van der Waals surface area (Å²) >= 11 is 11.9. The second-order valence-electron chi connectivity index (χ2n) is 4.70. The molecule has 3 nitrogen and oxygen atoms in total. The van der Waals surface area contributed by atoms with Crippen LogP contribution in [-0.2, 0) is 11.2 Å². The van der Waals surface area contributed by atoms with Crippen LogP contribution in [0.3, 0.4) is 0 Å². The summed E-state index contributed by atoms with van der Waals surface area (Å²) < 4.78 is 0. The lowest BCUT2D eigenvalue weighted by Gasteiger charge is -2.27. The average Bonchev–Trinajstić information content (AvgIpc) is 2.19. The van der Waals surface area contributed by atoms with Crippen LogP contribution in [0.4, 0.5) is 0 Å². The topological polar surface area (TPSA) is 41.1 Å². The number of rotatable bonds is 4. The first-order valence-electron chi connectivity index (χ1n) is 6.01. The number of benzene rings is 1. The summed E-state index contributed by atoms with van der Waals surface area (Å²) in [7, 11) is 0. The van der Waals surface area contributed by atoms with Crippen LogP contribution in [0.5, 0.6) is 0 Å². The van der Waals surface area contributed by atoms with Crippen LogP contribution < -0.4 is 10.6 Å². The molecule has 1 atom stereocenters. The second kappa shape index (κ2) is 5.91. The Bertz CT molecular complexity index is 447. The minimum atomic E-state index is 0.0665. The molecule has 0 aromatic heterocycles. The molecule has 1 aromatic rings. The van der Waals surface area contributed by atoms with E-state index in [1.807, 2.05) is 19.1 Å². The summed E-state index contributed by atoms with van der Waals surface area (Å²) in [4.78, 5) is 11.8. The lowest BCUT2D eigenvalue weighted by atomic mass is 10.0. The molecular weight excluding hydrogens is 271 g/mol. The number of hydrogen-bond acceptors (Lipinski definition) is 2. The molecule has 1 unspecified atom stereocenters. The van der Waals surface area contributed by atoms with Crippen LogP contribution in [0.15, 0.2) is 18.2 Å². The maximum Gasteiger partial charge on any atom is 0.225 e. The van der Waals surface area contributed by atoms with Crippen molar-refractivity contribution in [1.29, 1.82) is 0 Å². The van der Waals surface area contributed by atoms with Gasteiger partial charge in [0, 0.05) is 29.2 Å². The summed E-state index contributed by atoms with van der Waals surface area (Å²) in [5, 5.41) is 7.36. The van der Waals surface area contributed by atoms with Crippen LogP contribution in [0.2, 0.25) is 10.0 Å². The lowest BCUT2D eigenvalue weighted by molar-refractivity contribution is -0.127. The molecule has 1 aliphatic heterocycles. The van der Waals surface area contributed by atoms with Gasteiger partial charge in [-0.25, -0.2) is 0 Å². The van der Waals surface area contributed by atoms with Crippen molar-refractivity contribution < 1.29 is 4.79 Å². The Morgan fingerprint density at radius 3 is 2.78 bits per heavy atom. The summed E-state index contributed by atoms with van der Waals surface area (Å²) in [6, 6.07) is 5.51. The van der Waals surface area contributed by atoms with Gasteiger partial charge in [0.2, 0.25) is 5.91 Å². The number of amides is 1. The first kappa shape index (κ1) is 13.7. The van der Waals surface area contributed by atoms with E-state index in [4.69, 9.17) is 23.2 Å². The van der Waals surface area contributed by atoms with E-state index >= 15 is 0 Å².